The number of rotatable bonds is 5. The maximum Gasteiger partial charge on any atom is 0.142 e. The van der Waals surface area contributed by atoms with E-state index in [0.29, 0.717) is 24.0 Å². The van der Waals surface area contributed by atoms with Crippen LogP contribution in [-0.2, 0) is 0 Å². The van der Waals surface area contributed by atoms with Crippen LogP contribution in [0.25, 0.3) is 0 Å². The molecule has 1 saturated heterocycles. The van der Waals surface area contributed by atoms with Crippen LogP contribution < -0.4 is 10.5 Å². The zero-order valence-corrected chi connectivity index (χ0v) is 12.3. The summed E-state index contributed by atoms with van der Waals surface area (Å²) in [6.07, 6.45) is -0.500. The maximum atomic E-state index is 10.1. The molecular weight excluding hydrogens is 254 g/mol. The second kappa shape index (κ2) is 6.92. The van der Waals surface area contributed by atoms with Gasteiger partial charge in [0, 0.05) is 32.2 Å². The van der Waals surface area contributed by atoms with E-state index in [-0.39, 0.29) is 6.61 Å². The number of anilines is 1. The van der Waals surface area contributed by atoms with Crippen LogP contribution in [0.1, 0.15) is 6.92 Å². The fourth-order valence-corrected chi connectivity index (χ4v) is 2.57. The summed E-state index contributed by atoms with van der Waals surface area (Å²) in [7, 11) is 2.13. The number of para-hydroxylation sites is 2. The van der Waals surface area contributed by atoms with Crippen LogP contribution in [0.2, 0.25) is 0 Å². The molecular formula is C15H25N3O2. The SMILES string of the molecule is CC1CN(C)CCN1CC(O)COc1ccccc1N. The van der Waals surface area contributed by atoms with Crippen LogP contribution in [0.3, 0.4) is 0 Å². The van der Waals surface area contributed by atoms with E-state index in [2.05, 4.69) is 23.8 Å². The van der Waals surface area contributed by atoms with E-state index in [0.717, 1.165) is 19.6 Å². The Hall–Kier alpha value is -1.30. The van der Waals surface area contributed by atoms with Gasteiger partial charge in [0.05, 0.1) is 5.69 Å². The molecule has 1 heterocycles. The Morgan fingerprint density at radius 2 is 2.15 bits per heavy atom. The first-order valence-corrected chi connectivity index (χ1v) is 7.14. The van der Waals surface area contributed by atoms with Gasteiger partial charge in [0.25, 0.3) is 0 Å². The number of nitrogen functional groups attached to an aromatic ring is 1. The van der Waals surface area contributed by atoms with E-state index in [1.165, 1.54) is 0 Å². The number of hydrogen-bond acceptors (Lipinski definition) is 5. The van der Waals surface area contributed by atoms with Gasteiger partial charge in [0.15, 0.2) is 0 Å². The van der Waals surface area contributed by atoms with Gasteiger partial charge in [-0.2, -0.15) is 0 Å². The number of β-amino-alcohol motifs (C(OH)–C–C–N with tert-alkyl or cyclic N) is 1. The molecule has 112 valence electrons. The first-order valence-electron chi connectivity index (χ1n) is 7.14. The van der Waals surface area contributed by atoms with Crippen molar-refractivity contribution in [1.82, 2.24) is 9.80 Å². The van der Waals surface area contributed by atoms with E-state index < -0.39 is 6.10 Å². The molecule has 0 bridgehead atoms. The number of hydrogen-bond donors (Lipinski definition) is 2. The fourth-order valence-electron chi connectivity index (χ4n) is 2.57. The molecule has 0 amide bonds. The smallest absolute Gasteiger partial charge is 0.142 e. The van der Waals surface area contributed by atoms with Crippen LogP contribution in [0.4, 0.5) is 5.69 Å². The highest BCUT2D eigenvalue weighted by molar-refractivity contribution is 5.51. The Morgan fingerprint density at radius 3 is 2.85 bits per heavy atom. The molecule has 1 aromatic carbocycles. The van der Waals surface area contributed by atoms with Crippen LogP contribution in [0.15, 0.2) is 24.3 Å². The molecule has 20 heavy (non-hydrogen) atoms. The summed E-state index contributed by atoms with van der Waals surface area (Å²) < 4.78 is 5.58. The number of benzene rings is 1. The van der Waals surface area contributed by atoms with E-state index in [9.17, 15) is 5.11 Å². The number of nitrogens with two attached hydrogens (primary N) is 1. The lowest BCUT2D eigenvalue weighted by molar-refractivity contribution is 0.0275. The summed E-state index contributed by atoms with van der Waals surface area (Å²) in [5.74, 6) is 0.637. The number of likely N-dealkylation sites (N-methyl/N-ethyl adjacent to an activating group) is 1. The molecule has 0 aromatic heterocycles. The van der Waals surface area contributed by atoms with Gasteiger partial charge in [0.2, 0.25) is 0 Å². The maximum absolute atomic E-state index is 10.1. The summed E-state index contributed by atoms with van der Waals surface area (Å²) in [5.41, 5.74) is 6.41. The van der Waals surface area contributed by atoms with Crippen molar-refractivity contribution in [2.45, 2.75) is 19.1 Å². The molecule has 1 aliphatic heterocycles. The van der Waals surface area contributed by atoms with Gasteiger partial charge < -0.3 is 20.5 Å². The molecule has 0 radical (unpaired) electrons. The minimum atomic E-state index is -0.500. The summed E-state index contributed by atoms with van der Waals surface area (Å²) >= 11 is 0. The van der Waals surface area contributed by atoms with Crippen molar-refractivity contribution in [3.63, 3.8) is 0 Å². The lowest BCUT2D eigenvalue weighted by Crippen LogP contribution is -2.53. The average molecular weight is 279 g/mol. The number of ether oxygens (including phenoxy) is 1. The number of nitrogens with zero attached hydrogens (tertiary/aromatic N) is 2. The molecule has 1 aromatic rings. The first-order chi connectivity index (χ1) is 9.56. The van der Waals surface area contributed by atoms with Crippen molar-refractivity contribution in [2.75, 3.05) is 45.6 Å². The van der Waals surface area contributed by atoms with Crippen molar-refractivity contribution in [3.05, 3.63) is 24.3 Å². The molecule has 2 rings (SSSR count). The Bertz CT molecular complexity index is 427. The number of piperazine rings is 1. The third-order valence-electron chi connectivity index (χ3n) is 3.76. The second-order valence-electron chi connectivity index (χ2n) is 5.61. The third-order valence-corrected chi connectivity index (χ3v) is 3.76. The third kappa shape index (κ3) is 4.10. The highest BCUT2D eigenvalue weighted by Gasteiger charge is 2.23. The molecule has 0 saturated carbocycles. The molecule has 1 fully saturated rings. The lowest BCUT2D eigenvalue weighted by atomic mass is 10.2. The molecule has 2 unspecified atom stereocenters. The fraction of sp³-hybridized carbons (Fsp3) is 0.600. The molecule has 0 spiro atoms. The Kier molecular flexibility index (Phi) is 5.23. The first kappa shape index (κ1) is 15.1. The van der Waals surface area contributed by atoms with Crippen molar-refractivity contribution in [1.29, 1.82) is 0 Å². The van der Waals surface area contributed by atoms with Crippen LogP contribution in [0.5, 0.6) is 5.75 Å². The minimum Gasteiger partial charge on any atom is -0.489 e. The zero-order chi connectivity index (χ0) is 14.5. The molecule has 1 aliphatic rings. The topological polar surface area (TPSA) is 62.0 Å². The normalized spacial score (nSPS) is 22.6. The quantitative estimate of drug-likeness (QED) is 0.775. The highest BCUT2D eigenvalue weighted by atomic mass is 16.5. The van der Waals surface area contributed by atoms with Crippen molar-refractivity contribution in [2.24, 2.45) is 0 Å². The Morgan fingerprint density at radius 1 is 1.40 bits per heavy atom. The highest BCUT2D eigenvalue weighted by Crippen LogP contribution is 2.20. The number of aliphatic hydroxyl groups is 1. The van der Waals surface area contributed by atoms with Gasteiger partial charge >= 0.3 is 0 Å². The van der Waals surface area contributed by atoms with Gasteiger partial charge in [-0.05, 0) is 26.1 Å². The van der Waals surface area contributed by atoms with E-state index in [1.807, 2.05) is 18.2 Å². The van der Waals surface area contributed by atoms with Crippen LogP contribution >= 0.6 is 0 Å². The van der Waals surface area contributed by atoms with Crippen molar-refractivity contribution >= 4 is 5.69 Å². The summed E-state index contributed by atoms with van der Waals surface area (Å²) in [6, 6.07) is 7.82. The van der Waals surface area contributed by atoms with E-state index in [4.69, 9.17) is 10.5 Å². The van der Waals surface area contributed by atoms with Gasteiger partial charge in [0.1, 0.15) is 18.5 Å². The molecule has 2 atom stereocenters. The van der Waals surface area contributed by atoms with Crippen molar-refractivity contribution in [3.8, 4) is 5.75 Å². The lowest BCUT2D eigenvalue weighted by Gasteiger charge is -2.39. The standard InChI is InChI=1S/C15H25N3O2/c1-12-9-17(2)7-8-18(12)10-13(19)11-20-15-6-4-3-5-14(15)16/h3-6,12-13,19H,7-11,16H2,1-2H3. The Labute approximate surface area is 120 Å². The number of aliphatic hydroxyl groups excluding tert-OH is 1. The average Bonchev–Trinajstić information content (AvgIpc) is 2.41. The second-order valence-corrected chi connectivity index (χ2v) is 5.61. The zero-order valence-electron chi connectivity index (χ0n) is 12.3. The molecule has 3 N–H and O–H groups in total. The van der Waals surface area contributed by atoms with Gasteiger partial charge in [-0.25, -0.2) is 0 Å². The largest absolute Gasteiger partial charge is 0.489 e. The van der Waals surface area contributed by atoms with E-state index >= 15 is 0 Å². The predicted octanol–water partition coefficient (Wildman–Crippen LogP) is 0.644. The van der Waals surface area contributed by atoms with Crippen molar-refractivity contribution < 1.29 is 9.84 Å². The van der Waals surface area contributed by atoms with Gasteiger partial charge in [-0.3, -0.25) is 4.90 Å². The molecule has 5 heteroatoms. The van der Waals surface area contributed by atoms with E-state index in [1.54, 1.807) is 6.07 Å². The van der Waals surface area contributed by atoms with Crippen LogP contribution in [-0.4, -0.2) is 66.9 Å². The summed E-state index contributed by atoms with van der Waals surface area (Å²) in [5, 5.41) is 10.1. The van der Waals surface area contributed by atoms with Crippen LogP contribution in [0, 0.1) is 0 Å². The summed E-state index contributed by atoms with van der Waals surface area (Å²) in [4.78, 5) is 4.62. The molecule has 5 nitrogen and oxygen atoms in total. The monoisotopic (exact) mass is 279 g/mol. The minimum absolute atomic E-state index is 0.271. The summed E-state index contributed by atoms with van der Waals surface area (Å²) in [6.45, 7) is 6.18. The van der Waals surface area contributed by atoms with Gasteiger partial charge in [-0.15, -0.1) is 0 Å². The Balaban J connectivity index is 1.78. The predicted molar refractivity (Wildman–Crippen MR) is 80.9 cm³/mol. The molecule has 0 aliphatic carbocycles. The van der Waals surface area contributed by atoms with Gasteiger partial charge in [-0.1, -0.05) is 12.1 Å².